The number of nitrogens with zero attached hydrogens (tertiary/aromatic N) is 1. The van der Waals surface area contributed by atoms with E-state index in [1.54, 1.807) is 23.8 Å². The summed E-state index contributed by atoms with van der Waals surface area (Å²) in [5, 5.41) is 5.87. The Morgan fingerprint density at radius 1 is 1.15 bits per heavy atom. The Bertz CT molecular complexity index is 1250. The lowest BCUT2D eigenvalue weighted by atomic mass is 10.0. The maximum absolute atomic E-state index is 13.3. The van der Waals surface area contributed by atoms with Gasteiger partial charge >= 0.3 is 0 Å². The predicted octanol–water partition coefficient (Wildman–Crippen LogP) is 1.85. The summed E-state index contributed by atoms with van der Waals surface area (Å²) in [6, 6.07) is 11.8. The second-order valence-electron chi connectivity index (χ2n) is 7.88. The molecule has 9 nitrogen and oxygen atoms in total. The fourth-order valence-corrected chi connectivity index (χ4v) is 3.90. The van der Waals surface area contributed by atoms with Gasteiger partial charge in [0.25, 0.3) is 5.91 Å². The molecule has 1 aliphatic rings. The third-order valence-corrected chi connectivity index (χ3v) is 5.67. The molecule has 0 saturated heterocycles. The van der Waals surface area contributed by atoms with Crippen LogP contribution in [0.25, 0.3) is 10.9 Å². The second-order valence-corrected chi connectivity index (χ2v) is 7.88. The van der Waals surface area contributed by atoms with Crippen molar-refractivity contribution < 1.29 is 23.8 Å². The number of rotatable bonds is 9. The Hall–Kier alpha value is -3.85. The summed E-state index contributed by atoms with van der Waals surface area (Å²) in [6.45, 7) is 3.18. The second kappa shape index (κ2) is 10.4. The number of hydrogen-bond acceptors (Lipinski definition) is 6. The van der Waals surface area contributed by atoms with Crippen molar-refractivity contribution in [2.75, 3.05) is 27.1 Å². The van der Waals surface area contributed by atoms with Crippen molar-refractivity contribution in [1.82, 2.24) is 15.2 Å². The molecule has 4 rings (SSSR count). The van der Waals surface area contributed by atoms with Crippen molar-refractivity contribution in [3.8, 4) is 11.5 Å². The first-order chi connectivity index (χ1) is 16.5. The van der Waals surface area contributed by atoms with Crippen molar-refractivity contribution in [3.63, 3.8) is 0 Å². The standard InChI is InChI=1S/C25H27N3O6/c1-3-28-14-18(23(29)17-12-21-22(13-20(17)28)34-15-33-21)24(30)27-19(25(31)26-9-10-32-2)11-16-7-5-4-6-8-16/h4-8,12-14,19H,3,9-11,15H2,1-2H3,(H,26,31)(H,27,30)/t19-/m0/s1. The molecule has 1 aromatic heterocycles. The number of aromatic nitrogens is 1. The van der Waals surface area contributed by atoms with Crippen molar-refractivity contribution in [2.24, 2.45) is 0 Å². The van der Waals surface area contributed by atoms with Crippen molar-refractivity contribution >= 4 is 22.7 Å². The fraction of sp³-hybridized carbons (Fsp3) is 0.320. The van der Waals surface area contributed by atoms with E-state index in [1.807, 2.05) is 37.3 Å². The zero-order chi connectivity index (χ0) is 24.1. The summed E-state index contributed by atoms with van der Waals surface area (Å²) in [6.07, 6.45) is 1.80. The molecule has 0 spiro atoms. The zero-order valence-corrected chi connectivity index (χ0v) is 19.1. The number of fused-ring (bicyclic) bond motifs is 2. The van der Waals surface area contributed by atoms with Crippen LogP contribution in [0, 0.1) is 0 Å². The number of aryl methyl sites for hydroxylation is 1. The molecule has 0 saturated carbocycles. The van der Waals surface area contributed by atoms with Crippen LogP contribution in [0.15, 0.2) is 53.5 Å². The SMILES string of the molecule is CCn1cc(C(=O)N[C@@H](Cc2ccccc2)C(=O)NCCOC)c(=O)c2cc3c(cc21)OCO3. The topological polar surface area (TPSA) is 108 Å². The molecule has 1 aliphatic heterocycles. The number of hydrogen-bond donors (Lipinski definition) is 2. The molecule has 0 bridgehead atoms. The first-order valence-corrected chi connectivity index (χ1v) is 11.1. The normalized spacial score (nSPS) is 13.0. The Labute approximate surface area is 196 Å². The van der Waals surface area contributed by atoms with Crippen LogP contribution in [0.1, 0.15) is 22.8 Å². The highest BCUT2D eigenvalue weighted by atomic mass is 16.7. The van der Waals surface area contributed by atoms with Crippen molar-refractivity contribution in [1.29, 1.82) is 0 Å². The highest BCUT2D eigenvalue weighted by molar-refractivity contribution is 6.00. The Balaban J connectivity index is 1.65. The van der Waals surface area contributed by atoms with Gasteiger partial charge in [-0.3, -0.25) is 14.4 Å². The van der Waals surface area contributed by atoms with Crippen LogP contribution in [-0.2, 0) is 22.5 Å². The lowest BCUT2D eigenvalue weighted by Gasteiger charge is -2.19. The minimum atomic E-state index is -0.867. The van der Waals surface area contributed by atoms with E-state index in [4.69, 9.17) is 14.2 Å². The van der Waals surface area contributed by atoms with Crippen LogP contribution < -0.4 is 25.5 Å². The minimum Gasteiger partial charge on any atom is -0.454 e. The van der Waals surface area contributed by atoms with Gasteiger partial charge in [-0.15, -0.1) is 0 Å². The fourth-order valence-electron chi connectivity index (χ4n) is 3.90. The van der Waals surface area contributed by atoms with Gasteiger partial charge in [-0.2, -0.15) is 0 Å². The minimum absolute atomic E-state index is 0.0454. The van der Waals surface area contributed by atoms with E-state index < -0.39 is 17.4 Å². The highest BCUT2D eigenvalue weighted by Crippen LogP contribution is 2.35. The molecule has 2 aromatic carbocycles. The first kappa shape index (κ1) is 23.3. The van der Waals surface area contributed by atoms with Crippen LogP contribution in [0.2, 0.25) is 0 Å². The maximum Gasteiger partial charge on any atom is 0.257 e. The van der Waals surface area contributed by atoms with Gasteiger partial charge in [0.1, 0.15) is 11.6 Å². The molecule has 178 valence electrons. The third kappa shape index (κ3) is 4.89. The van der Waals surface area contributed by atoms with E-state index >= 15 is 0 Å². The van der Waals surface area contributed by atoms with Gasteiger partial charge in [-0.1, -0.05) is 30.3 Å². The molecule has 2 heterocycles. The number of carbonyl (C=O) groups is 2. The van der Waals surface area contributed by atoms with Crippen LogP contribution in [0.3, 0.4) is 0 Å². The van der Waals surface area contributed by atoms with Crippen LogP contribution in [0.4, 0.5) is 0 Å². The predicted molar refractivity (Wildman–Crippen MR) is 126 cm³/mol. The largest absolute Gasteiger partial charge is 0.454 e. The number of ether oxygens (including phenoxy) is 3. The summed E-state index contributed by atoms with van der Waals surface area (Å²) in [5.41, 5.74) is 1.04. The average Bonchev–Trinajstić information content (AvgIpc) is 3.31. The summed E-state index contributed by atoms with van der Waals surface area (Å²) in [5.74, 6) is 0.0510. The van der Waals surface area contributed by atoms with Crippen LogP contribution >= 0.6 is 0 Å². The van der Waals surface area contributed by atoms with E-state index in [0.29, 0.717) is 42.1 Å². The van der Waals surface area contributed by atoms with E-state index in [9.17, 15) is 14.4 Å². The van der Waals surface area contributed by atoms with Crippen molar-refractivity contribution in [2.45, 2.75) is 25.9 Å². The zero-order valence-electron chi connectivity index (χ0n) is 19.1. The molecule has 3 aromatic rings. The monoisotopic (exact) mass is 465 g/mol. The summed E-state index contributed by atoms with van der Waals surface area (Å²) in [4.78, 5) is 39.4. The highest BCUT2D eigenvalue weighted by Gasteiger charge is 2.25. The average molecular weight is 466 g/mol. The molecular formula is C25H27N3O6. The van der Waals surface area contributed by atoms with E-state index in [-0.39, 0.29) is 24.7 Å². The van der Waals surface area contributed by atoms with Gasteiger partial charge in [0, 0.05) is 38.9 Å². The molecule has 0 radical (unpaired) electrons. The molecule has 9 heteroatoms. The third-order valence-electron chi connectivity index (χ3n) is 5.67. The summed E-state index contributed by atoms with van der Waals surface area (Å²) < 4.78 is 17.6. The Morgan fingerprint density at radius 2 is 1.88 bits per heavy atom. The van der Waals surface area contributed by atoms with Gasteiger partial charge in [0.15, 0.2) is 11.5 Å². The molecule has 0 aliphatic carbocycles. The number of benzene rings is 2. The van der Waals surface area contributed by atoms with E-state index in [1.165, 1.54) is 6.20 Å². The van der Waals surface area contributed by atoms with Crippen molar-refractivity contribution in [3.05, 3.63) is 70.0 Å². The molecule has 2 N–H and O–H groups in total. The van der Waals surface area contributed by atoms with Crippen LogP contribution in [-0.4, -0.2) is 49.5 Å². The number of methoxy groups -OCH3 is 1. The molecule has 0 fully saturated rings. The first-order valence-electron chi connectivity index (χ1n) is 11.1. The quantitative estimate of drug-likeness (QED) is 0.467. The van der Waals surface area contributed by atoms with E-state index in [0.717, 1.165) is 5.56 Å². The number of nitrogens with one attached hydrogen (secondary N) is 2. The lowest BCUT2D eigenvalue weighted by molar-refractivity contribution is -0.123. The Kier molecular flexibility index (Phi) is 7.12. The van der Waals surface area contributed by atoms with Gasteiger partial charge in [-0.05, 0) is 18.6 Å². The van der Waals surface area contributed by atoms with Gasteiger partial charge in [0.2, 0.25) is 18.1 Å². The van der Waals surface area contributed by atoms with Crippen LogP contribution in [0.5, 0.6) is 11.5 Å². The smallest absolute Gasteiger partial charge is 0.257 e. The number of amides is 2. The van der Waals surface area contributed by atoms with Gasteiger partial charge in [-0.25, -0.2) is 0 Å². The lowest BCUT2D eigenvalue weighted by Crippen LogP contribution is -2.49. The molecule has 34 heavy (non-hydrogen) atoms. The molecule has 0 unspecified atom stereocenters. The summed E-state index contributed by atoms with van der Waals surface area (Å²) in [7, 11) is 1.54. The summed E-state index contributed by atoms with van der Waals surface area (Å²) >= 11 is 0. The Morgan fingerprint density at radius 3 is 2.59 bits per heavy atom. The number of pyridine rings is 1. The van der Waals surface area contributed by atoms with E-state index in [2.05, 4.69) is 10.6 Å². The number of carbonyl (C=O) groups excluding carboxylic acids is 2. The molecular weight excluding hydrogens is 438 g/mol. The molecule has 2 amide bonds. The molecule has 1 atom stereocenters. The van der Waals surface area contributed by atoms with Gasteiger partial charge in [0.05, 0.1) is 17.5 Å². The maximum atomic E-state index is 13.3. The van der Waals surface area contributed by atoms with Gasteiger partial charge < -0.3 is 29.4 Å².